The first-order valence-corrected chi connectivity index (χ1v) is 10.2. The van der Waals surface area contributed by atoms with Gasteiger partial charge in [-0.15, -0.1) is 0 Å². The van der Waals surface area contributed by atoms with Crippen molar-refractivity contribution in [3.05, 3.63) is 59.7 Å². The van der Waals surface area contributed by atoms with E-state index in [9.17, 15) is 14.7 Å². The van der Waals surface area contributed by atoms with E-state index >= 15 is 0 Å². The Kier molecular flexibility index (Phi) is 5.90. The van der Waals surface area contributed by atoms with Crippen molar-refractivity contribution in [3.8, 4) is 11.5 Å². The van der Waals surface area contributed by atoms with Crippen LogP contribution in [0.15, 0.2) is 48.5 Å². The highest BCUT2D eigenvalue weighted by Gasteiger charge is 2.37. The summed E-state index contributed by atoms with van der Waals surface area (Å²) < 4.78 is 11.0. The molecule has 3 unspecified atom stereocenters. The van der Waals surface area contributed by atoms with E-state index in [1.807, 2.05) is 37.3 Å². The van der Waals surface area contributed by atoms with Crippen LogP contribution in [0.3, 0.4) is 0 Å². The molecular weight excluding hydrogens is 384 g/mol. The van der Waals surface area contributed by atoms with Crippen LogP contribution in [0.2, 0.25) is 0 Å². The molecule has 1 saturated heterocycles. The Labute approximate surface area is 175 Å². The lowest BCUT2D eigenvalue weighted by molar-refractivity contribution is -0.130. The summed E-state index contributed by atoms with van der Waals surface area (Å²) in [5.74, 6) is 0.576. The number of amides is 2. The molecule has 2 aromatic carbocycles. The quantitative estimate of drug-likeness (QED) is 0.762. The van der Waals surface area contributed by atoms with Gasteiger partial charge in [0.25, 0.3) is 0 Å². The van der Waals surface area contributed by atoms with Crippen LogP contribution in [0.1, 0.15) is 36.6 Å². The van der Waals surface area contributed by atoms with Gasteiger partial charge >= 0.3 is 0 Å². The molecule has 1 fully saturated rings. The standard InChI is InChI=1S/C23H26N2O5/c1-15(16-5-3-2-4-6-16)25-14-18(12-22(25)27)23(28)24-13-19(26)17-7-8-20-21(11-17)30-10-9-29-20/h2-8,11,15,18-19,26H,9-10,12-14H2,1H3,(H,24,28). The predicted molar refractivity (Wildman–Crippen MR) is 110 cm³/mol. The molecule has 158 valence electrons. The lowest BCUT2D eigenvalue weighted by atomic mass is 10.1. The number of nitrogens with zero attached hydrogens (tertiary/aromatic N) is 1. The zero-order chi connectivity index (χ0) is 21.1. The molecule has 2 N–H and O–H groups in total. The van der Waals surface area contributed by atoms with Gasteiger partial charge in [-0.2, -0.15) is 0 Å². The Balaban J connectivity index is 1.32. The zero-order valence-electron chi connectivity index (χ0n) is 16.9. The summed E-state index contributed by atoms with van der Waals surface area (Å²) in [7, 11) is 0. The Morgan fingerprint density at radius 2 is 1.87 bits per heavy atom. The number of carbonyl (C=O) groups is 2. The largest absolute Gasteiger partial charge is 0.486 e. The topological polar surface area (TPSA) is 88.1 Å². The lowest BCUT2D eigenvalue weighted by Crippen LogP contribution is -2.36. The van der Waals surface area contributed by atoms with Gasteiger partial charge in [0.1, 0.15) is 13.2 Å². The average molecular weight is 410 g/mol. The SMILES string of the molecule is CC(c1ccccc1)N1CC(C(=O)NCC(O)c2ccc3c(c2)OCCO3)CC1=O. The first-order chi connectivity index (χ1) is 14.5. The van der Waals surface area contributed by atoms with Gasteiger partial charge in [-0.25, -0.2) is 0 Å². The maximum atomic E-state index is 12.6. The summed E-state index contributed by atoms with van der Waals surface area (Å²) in [6.45, 7) is 3.39. The van der Waals surface area contributed by atoms with Gasteiger partial charge in [0.2, 0.25) is 11.8 Å². The average Bonchev–Trinajstić information content (AvgIpc) is 3.18. The third kappa shape index (κ3) is 4.26. The summed E-state index contributed by atoms with van der Waals surface area (Å²) in [4.78, 5) is 26.8. The molecule has 0 radical (unpaired) electrons. The van der Waals surface area contributed by atoms with Crippen molar-refractivity contribution in [2.24, 2.45) is 5.92 Å². The fourth-order valence-electron chi connectivity index (χ4n) is 3.92. The fraction of sp³-hybridized carbons (Fsp3) is 0.391. The van der Waals surface area contributed by atoms with E-state index in [1.165, 1.54) is 0 Å². The minimum Gasteiger partial charge on any atom is -0.486 e. The number of aliphatic hydroxyl groups is 1. The van der Waals surface area contributed by atoms with Crippen molar-refractivity contribution in [1.29, 1.82) is 0 Å². The fourth-order valence-corrected chi connectivity index (χ4v) is 3.92. The highest BCUT2D eigenvalue weighted by atomic mass is 16.6. The molecule has 2 aliphatic rings. The van der Waals surface area contributed by atoms with Gasteiger partial charge in [0.05, 0.1) is 18.1 Å². The number of likely N-dealkylation sites (tertiary alicyclic amines) is 1. The van der Waals surface area contributed by atoms with Gasteiger partial charge in [-0.3, -0.25) is 9.59 Å². The molecule has 7 heteroatoms. The first-order valence-electron chi connectivity index (χ1n) is 10.2. The Morgan fingerprint density at radius 3 is 2.63 bits per heavy atom. The molecule has 0 bridgehead atoms. The van der Waals surface area contributed by atoms with Crippen LogP contribution in [-0.4, -0.2) is 48.1 Å². The number of fused-ring (bicyclic) bond motifs is 1. The molecule has 2 amide bonds. The molecule has 0 spiro atoms. The van der Waals surface area contributed by atoms with Gasteiger partial charge in [-0.1, -0.05) is 36.4 Å². The number of nitrogens with one attached hydrogen (secondary N) is 1. The van der Waals surface area contributed by atoms with Crippen LogP contribution >= 0.6 is 0 Å². The van der Waals surface area contributed by atoms with E-state index in [1.54, 1.807) is 23.1 Å². The Hall–Kier alpha value is -3.06. The first kappa shape index (κ1) is 20.2. The van der Waals surface area contributed by atoms with Crippen LogP contribution in [0, 0.1) is 5.92 Å². The number of benzene rings is 2. The second-order valence-electron chi connectivity index (χ2n) is 7.70. The van der Waals surface area contributed by atoms with E-state index in [2.05, 4.69) is 5.32 Å². The number of hydrogen-bond acceptors (Lipinski definition) is 5. The molecule has 2 aliphatic heterocycles. The second kappa shape index (κ2) is 8.75. The smallest absolute Gasteiger partial charge is 0.225 e. The number of hydrogen-bond donors (Lipinski definition) is 2. The molecular formula is C23H26N2O5. The molecule has 0 saturated carbocycles. The van der Waals surface area contributed by atoms with Gasteiger partial charge in [-0.05, 0) is 30.2 Å². The molecule has 0 aliphatic carbocycles. The summed E-state index contributed by atoms with van der Waals surface area (Å²) in [6, 6.07) is 14.9. The predicted octanol–water partition coefficient (Wildman–Crippen LogP) is 2.22. The van der Waals surface area contributed by atoms with E-state index in [0.29, 0.717) is 36.8 Å². The van der Waals surface area contributed by atoms with Crippen LogP contribution in [0.25, 0.3) is 0 Å². The second-order valence-corrected chi connectivity index (χ2v) is 7.70. The highest BCUT2D eigenvalue weighted by Crippen LogP contribution is 2.33. The molecule has 30 heavy (non-hydrogen) atoms. The van der Waals surface area contributed by atoms with Gasteiger partial charge in [0.15, 0.2) is 11.5 Å². The van der Waals surface area contributed by atoms with E-state index in [4.69, 9.17) is 9.47 Å². The summed E-state index contributed by atoms with van der Waals surface area (Å²) in [5.41, 5.74) is 1.68. The summed E-state index contributed by atoms with van der Waals surface area (Å²) >= 11 is 0. The maximum absolute atomic E-state index is 12.6. The Morgan fingerprint density at radius 1 is 1.13 bits per heavy atom. The third-order valence-corrected chi connectivity index (χ3v) is 5.70. The van der Waals surface area contributed by atoms with Crippen molar-refractivity contribution in [2.75, 3.05) is 26.3 Å². The monoisotopic (exact) mass is 410 g/mol. The van der Waals surface area contributed by atoms with E-state index < -0.39 is 12.0 Å². The summed E-state index contributed by atoms with van der Waals surface area (Å²) in [6.07, 6.45) is -0.690. The molecule has 0 aromatic heterocycles. The van der Waals surface area contributed by atoms with E-state index in [-0.39, 0.29) is 30.8 Å². The van der Waals surface area contributed by atoms with Crippen molar-refractivity contribution < 1.29 is 24.2 Å². The number of aliphatic hydroxyl groups excluding tert-OH is 1. The summed E-state index contributed by atoms with van der Waals surface area (Å²) in [5, 5.41) is 13.2. The van der Waals surface area contributed by atoms with E-state index in [0.717, 1.165) is 5.56 Å². The van der Waals surface area contributed by atoms with Crippen molar-refractivity contribution in [1.82, 2.24) is 10.2 Å². The number of ether oxygens (including phenoxy) is 2. The van der Waals surface area contributed by atoms with Crippen molar-refractivity contribution >= 4 is 11.8 Å². The molecule has 2 heterocycles. The van der Waals surface area contributed by atoms with Crippen LogP contribution in [0.4, 0.5) is 0 Å². The lowest BCUT2D eigenvalue weighted by Gasteiger charge is -2.25. The molecule has 7 nitrogen and oxygen atoms in total. The number of rotatable bonds is 6. The minimum atomic E-state index is -0.874. The van der Waals surface area contributed by atoms with Crippen LogP contribution in [0.5, 0.6) is 11.5 Å². The van der Waals surface area contributed by atoms with Crippen LogP contribution in [-0.2, 0) is 9.59 Å². The molecule has 4 rings (SSSR count). The Bertz CT molecular complexity index is 917. The molecule has 3 atom stereocenters. The van der Waals surface area contributed by atoms with Gasteiger partial charge < -0.3 is 24.8 Å². The third-order valence-electron chi connectivity index (χ3n) is 5.70. The highest BCUT2D eigenvalue weighted by molar-refractivity contribution is 5.89. The molecule has 2 aromatic rings. The zero-order valence-corrected chi connectivity index (χ0v) is 16.9. The van der Waals surface area contributed by atoms with Crippen molar-refractivity contribution in [2.45, 2.75) is 25.5 Å². The van der Waals surface area contributed by atoms with Crippen molar-refractivity contribution in [3.63, 3.8) is 0 Å². The van der Waals surface area contributed by atoms with Gasteiger partial charge in [0, 0.05) is 19.5 Å². The van der Waals surface area contributed by atoms with Crippen LogP contribution < -0.4 is 14.8 Å². The maximum Gasteiger partial charge on any atom is 0.225 e. The minimum absolute atomic E-state index is 0.0288. The normalized spacial score (nSPS) is 20.0. The number of carbonyl (C=O) groups excluding carboxylic acids is 2.